The zero-order valence-electron chi connectivity index (χ0n) is 17.3. The summed E-state index contributed by atoms with van der Waals surface area (Å²) in [4.78, 5) is 23.0. The minimum atomic E-state index is -0.0808. The lowest BCUT2D eigenvalue weighted by molar-refractivity contribution is 0.252. The first-order valence-corrected chi connectivity index (χ1v) is 9.80. The zero-order chi connectivity index (χ0) is 20.0. The normalized spacial score (nSPS) is 15.0. The molecule has 2 amide bonds. The fourth-order valence-electron chi connectivity index (χ4n) is 4.04. The predicted molar refractivity (Wildman–Crippen MR) is 123 cm³/mol. The Balaban J connectivity index is 0.00000136. The third kappa shape index (κ3) is 4.11. The van der Waals surface area contributed by atoms with Crippen molar-refractivity contribution in [2.45, 2.75) is 26.8 Å². The summed E-state index contributed by atoms with van der Waals surface area (Å²) in [6, 6.07) is 5.78. The third-order valence-electron chi connectivity index (χ3n) is 5.59. The number of carbonyl (C=O) groups is 1. The van der Waals surface area contributed by atoms with Gasteiger partial charge in [-0.3, -0.25) is 9.88 Å². The molecule has 0 aliphatic carbocycles. The molecule has 0 bridgehead atoms. The van der Waals surface area contributed by atoms with Gasteiger partial charge >= 0.3 is 6.03 Å². The summed E-state index contributed by atoms with van der Waals surface area (Å²) in [5.41, 5.74) is 6.96. The van der Waals surface area contributed by atoms with Crippen molar-refractivity contribution in [3.63, 3.8) is 0 Å². The number of aryl methyl sites for hydroxylation is 2. The van der Waals surface area contributed by atoms with Crippen molar-refractivity contribution in [2.75, 3.05) is 24.5 Å². The van der Waals surface area contributed by atoms with E-state index in [1.54, 1.807) is 4.90 Å². The standard InChI is InChI=1S/C21H22N6O2.2ClH/c1-12-3-4-14(9-17(12)27-8-7-23-21(27)28)20-25-19(26-29-20)18-13(2)24-11-15-10-22-6-5-16(15)18;;/h3-4,9,11,22H,5-8,10H2,1-2H3,(H,23,28);2*1H. The van der Waals surface area contributed by atoms with Crippen LogP contribution in [0.2, 0.25) is 0 Å². The molecule has 5 rings (SSSR count). The highest BCUT2D eigenvalue weighted by atomic mass is 35.5. The minimum Gasteiger partial charge on any atom is -0.336 e. The second-order valence-corrected chi connectivity index (χ2v) is 7.46. The quantitative estimate of drug-likeness (QED) is 0.618. The number of anilines is 1. The van der Waals surface area contributed by atoms with Crippen LogP contribution in [0.5, 0.6) is 0 Å². The lowest BCUT2D eigenvalue weighted by Gasteiger charge is -2.19. The molecular weight excluding hydrogens is 439 g/mol. The molecule has 2 aliphatic heterocycles. The minimum absolute atomic E-state index is 0. The average Bonchev–Trinajstić information content (AvgIpc) is 3.38. The maximum atomic E-state index is 12.1. The second-order valence-electron chi connectivity index (χ2n) is 7.46. The largest absolute Gasteiger partial charge is 0.336 e. The van der Waals surface area contributed by atoms with E-state index < -0.39 is 0 Å². The van der Waals surface area contributed by atoms with E-state index in [2.05, 4.69) is 25.8 Å². The highest BCUT2D eigenvalue weighted by Gasteiger charge is 2.25. The smallest absolute Gasteiger partial charge is 0.322 e. The lowest BCUT2D eigenvalue weighted by atomic mass is 9.95. The Labute approximate surface area is 192 Å². The monoisotopic (exact) mass is 462 g/mol. The van der Waals surface area contributed by atoms with Crippen LogP contribution in [-0.4, -0.2) is 40.8 Å². The van der Waals surface area contributed by atoms with Crippen molar-refractivity contribution in [3.05, 3.63) is 46.8 Å². The van der Waals surface area contributed by atoms with E-state index >= 15 is 0 Å². The van der Waals surface area contributed by atoms with Gasteiger partial charge in [0.25, 0.3) is 5.89 Å². The van der Waals surface area contributed by atoms with Gasteiger partial charge in [0.15, 0.2) is 0 Å². The first kappa shape index (κ1) is 23.0. The van der Waals surface area contributed by atoms with Gasteiger partial charge in [-0.25, -0.2) is 4.79 Å². The van der Waals surface area contributed by atoms with Crippen molar-refractivity contribution < 1.29 is 9.32 Å². The Hall–Kier alpha value is -2.68. The molecule has 1 aromatic carbocycles. The van der Waals surface area contributed by atoms with Gasteiger partial charge in [0, 0.05) is 48.3 Å². The molecule has 0 spiro atoms. The van der Waals surface area contributed by atoms with Gasteiger partial charge in [-0.05, 0) is 55.6 Å². The summed E-state index contributed by atoms with van der Waals surface area (Å²) in [7, 11) is 0. The van der Waals surface area contributed by atoms with Crippen LogP contribution in [0, 0.1) is 13.8 Å². The number of halogens is 2. The maximum absolute atomic E-state index is 12.1. The predicted octanol–water partition coefficient (Wildman–Crippen LogP) is 3.43. The van der Waals surface area contributed by atoms with E-state index in [1.807, 2.05) is 38.2 Å². The SMILES string of the molecule is Cc1ccc(-c2nc(-c3c(C)ncc4c3CCNC4)no2)cc1N1CCNC1=O.Cl.Cl. The van der Waals surface area contributed by atoms with Gasteiger partial charge in [-0.1, -0.05) is 11.2 Å². The molecular formula is C21H24Cl2N6O2. The fraction of sp³-hybridized carbons (Fsp3) is 0.333. The number of nitrogens with one attached hydrogen (secondary N) is 2. The summed E-state index contributed by atoms with van der Waals surface area (Å²) in [5, 5.41) is 10.5. The van der Waals surface area contributed by atoms with E-state index in [-0.39, 0.29) is 30.8 Å². The molecule has 0 saturated carbocycles. The molecule has 0 unspecified atom stereocenters. The molecule has 4 heterocycles. The van der Waals surface area contributed by atoms with E-state index in [4.69, 9.17) is 4.52 Å². The molecule has 1 fully saturated rings. The Bertz CT molecular complexity index is 1120. The Morgan fingerprint density at radius 1 is 1.16 bits per heavy atom. The molecule has 8 nitrogen and oxygen atoms in total. The number of pyridine rings is 1. The number of carbonyl (C=O) groups excluding carboxylic acids is 1. The number of benzene rings is 1. The van der Waals surface area contributed by atoms with E-state index in [0.29, 0.717) is 24.8 Å². The highest BCUT2D eigenvalue weighted by molar-refractivity contribution is 5.95. The molecule has 2 aliphatic rings. The molecule has 0 radical (unpaired) electrons. The number of rotatable bonds is 3. The second kappa shape index (κ2) is 9.21. The number of hydrogen-bond acceptors (Lipinski definition) is 6. The number of nitrogens with zero attached hydrogens (tertiary/aromatic N) is 4. The summed E-state index contributed by atoms with van der Waals surface area (Å²) < 4.78 is 5.61. The Kier molecular flexibility index (Phi) is 6.83. The maximum Gasteiger partial charge on any atom is 0.322 e. The van der Waals surface area contributed by atoms with Crippen LogP contribution in [0.3, 0.4) is 0 Å². The van der Waals surface area contributed by atoms with E-state index in [1.165, 1.54) is 11.1 Å². The van der Waals surface area contributed by atoms with Crippen molar-refractivity contribution in [1.29, 1.82) is 0 Å². The topological polar surface area (TPSA) is 96.2 Å². The molecule has 2 aromatic heterocycles. The van der Waals surface area contributed by atoms with Crippen molar-refractivity contribution in [1.82, 2.24) is 25.8 Å². The molecule has 3 aromatic rings. The average molecular weight is 463 g/mol. The van der Waals surface area contributed by atoms with Crippen LogP contribution in [0.1, 0.15) is 22.4 Å². The number of fused-ring (bicyclic) bond motifs is 1. The number of hydrogen-bond donors (Lipinski definition) is 2. The number of aromatic nitrogens is 3. The van der Waals surface area contributed by atoms with Crippen LogP contribution < -0.4 is 15.5 Å². The first-order chi connectivity index (χ1) is 14.1. The highest BCUT2D eigenvalue weighted by Crippen LogP contribution is 2.32. The van der Waals surface area contributed by atoms with Crippen molar-refractivity contribution in [3.8, 4) is 22.8 Å². The van der Waals surface area contributed by atoms with Gasteiger partial charge in [0.2, 0.25) is 5.82 Å². The van der Waals surface area contributed by atoms with Gasteiger partial charge < -0.3 is 15.2 Å². The molecule has 2 N–H and O–H groups in total. The molecule has 1 saturated heterocycles. The molecule has 10 heteroatoms. The van der Waals surface area contributed by atoms with Crippen LogP contribution in [0.25, 0.3) is 22.8 Å². The van der Waals surface area contributed by atoms with Crippen LogP contribution >= 0.6 is 24.8 Å². The molecule has 31 heavy (non-hydrogen) atoms. The van der Waals surface area contributed by atoms with Crippen molar-refractivity contribution in [2.24, 2.45) is 0 Å². The molecule has 164 valence electrons. The number of urea groups is 1. The Morgan fingerprint density at radius 3 is 2.77 bits per heavy atom. The van der Waals surface area contributed by atoms with Crippen molar-refractivity contribution >= 4 is 36.5 Å². The van der Waals surface area contributed by atoms with Crippen LogP contribution in [0.4, 0.5) is 10.5 Å². The third-order valence-corrected chi connectivity index (χ3v) is 5.59. The fourth-order valence-corrected chi connectivity index (χ4v) is 4.04. The summed E-state index contributed by atoms with van der Waals surface area (Å²) in [5.74, 6) is 0.997. The van der Waals surface area contributed by atoms with E-state index in [9.17, 15) is 4.79 Å². The van der Waals surface area contributed by atoms with Gasteiger partial charge in [0.1, 0.15) is 0 Å². The van der Waals surface area contributed by atoms with Crippen LogP contribution in [0.15, 0.2) is 28.9 Å². The summed E-state index contributed by atoms with van der Waals surface area (Å²) in [6.07, 6.45) is 2.84. The summed E-state index contributed by atoms with van der Waals surface area (Å²) in [6.45, 7) is 6.99. The first-order valence-electron chi connectivity index (χ1n) is 9.80. The van der Waals surface area contributed by atoms with E-state index in [0.717, 1.165) is 47.6 Å². The molecule has 0 atom stereocenters. The number of amides is 2. The lowest BCUT2D eigenvalue weighted by Crippen LogP contribution is -2.28. The zero-order valence-corrected chi connectivity index (χ0v) is 18.9. The van der Waals surface area contributed by atoms with Gasteiger partial charge in [0.05, 0.1) is 0 Å². The summed E-state index contributed by atoms with van der Waals surface area (Å²) >= 11 is 0. The van der Waals surface area contributed by atoms with Gasteiger partial charge in [-0.15, -0.1) is 24.8 Å². The van der Waals surface area contributed by atoms with Crippen LogP contribution in [-0.2, 0) is 13.0 Å². The van der Waals surface area contributed by atoms with Gasteiger partial charge in [-0.2, -0.15) is 4.98 Å². The Morgan fingerprint density at radius 2 is 2.00 bits per heavy atom.